The zero-order valence-corrected chi connectivity index (χ0v) is 12.2. The molecule has 2 fully saturated rings. The lowest BCUT2D eigenvalue weighted by Crippen LogP contribution is -2.44. The first-order valence-corrected chi connectivity index (χ1v) is 7.41. The van der Waals surface area contributed by atoms with Crippen molar-refractivity contribution in [3.63, 3.8) is 0 Å². The number of aromatic nitrogens is 2. The molecule has 1 saturated carbocycles. The van der Waals surface area contributed by atoms with Crippen LogP contribution in [0, 0.1) is 12.8 Å². The molecule has 110 valence electrons. The van der Waals surface area contributed by atoms with Crippen LogP contribution in [0.5, 0.6) is 0 Å². The van der Waals surface area contributed by atoms with Crippen LogP contribution in [-0.2, 0) is 7.05 Å². The van der Waals surface area contributed by atoms with Gasteiger partial charge in [0.15, 0.2) is 5.84 Å². The maximum Gasteiger partial charge on any atom is 0.175 e. The maximum atomic E-state index is 9.04. The van der Waals surface area contributed by atoms with Crippen LogP contribution in [-0.4, -0.2) is 33.4 Å². The fourth-order valence-electron chi connectivity index (χ4n) is 4.04. The molecule has 0 bridgehead atoms. The number of hydrogen-bond acceptors (Lipinski definition) is 4. The summed E-state index contributed by atoms with van der Waals surface area (Å²) in [6.07, 6.45) is 6.42. The number of oxime groups is 1. The average molecular weight is 277 g/mol. The van der Waals surface area contributed by atoms with E-state index in [1.165, 1.54) is 32.1 Å². The van der Waals surface area contributed by atoms with Gasteiger partial charge in [-0.1, -0.05) is 11.6 Å². The summed E-state index contributed by atoms with van der Waals surface area (Å²) in [6.45, 7) is 2.94. The van der Waals surface area contributed by atoms with Gasteiger partial charge in [0.25, 0.3) is 0 Å². The normalized spacial score (nSPS) is 26.9. The Labute approximate surface area is 119 Å². The lowest BCUT2D eigenvalue weighted by molar-refractivity contribution is 0.318. The van der Waals surface area contributed by atoms with Crippen molar-refractivity contribution >= 4 is 11.7 Å². The summed E-state index contributed by atoms with van der Waals surface area (Å²) < 4.78 is 1.88. The molecule has 0 aromatic carbocycles. The molecule has 0 spiro atoms. The molecule has 1 aliphatic heterocycles. The van der Waals surface area contributed by atoms with E-state index in [1.807, 2.05) is 18.7 Å². The third-order valence-corrected chi connectivity index (χ3v) is 4.82. The van der Waals surface area contributed by atoms with Gasteiger partial charge < -0.3 is 15.8 Å². The van der Waals surface area contributed by atoms with Crippen LogP contribution in [0.3, 0.4) is 0 Å². The number of hydrogen-bond donors (Lipinski definition) is 2. The fraction of sp³-hybridized carbons (Fsp3) is 0.714. The predicted molar refractivity (Wildman–Crippen MR) is 78.2 cm³/mol. The summed E-state index contributed by atoms with van der Waals surface area (Å²) in [7, 11) is 1.94. The highest BCUT2D eigenvalue weighted by atomic mass is 16.4. The SMILES string of the molecule is Cc1nn(C)c(N2CCCC3CCCC32)c1C(N)=NO. The topological polar surface area (TPSA) is 79.7 Å². The number of aryl methyl sites for hydroxylation is 2. The van der Waals surface area contributed by atoms with Crippen molar-refractivity contribution in [2.45, 2.75) is 45.1 Å². The van der Waals surface area contributed by atoms with Gasteiger partial charge in [-0.05, 0) is 38.5 Å². The second-order valence-corrected chi connectivity index (χ2v) is 5.99. The van der Waals surface area contributed by atoms with Crippen molar-refractivity contribution < 1.29 is 5.21 Å². The van der Waals surface area contributed by atoms with Crippen molar-refractivity contribution in [1.29, 1.82) is 0 Å². The molecule has 2 atom stereocenters. The van der Waals surface area contributed by atoms with E-state index in [0.717, 1.165) is 29.5 Å². The van der Waals surface area contributed by atoms with Crippen molar-refractivity contribution in [2.24, 2.45) is 23.9 Å². The average Bonchev–Trinajstić information content (AvgIpc) is 3.01. The summed E-state index contributed by atoms with van der Waals surface area (Å²) in [4.78, 5) is 2.44. The van der Waals surface area contributed by atoms with E-state index in [4.69, 9.17) is 10.9 Å². The molecule has 20 heavy (non-hydrogen) atoms. The highest BCUT2D eigenvalue weighted by Gasteiger charge is 2.37. The van der Waals surface area contributed by atoms with E-state index >= 15 is 0 Å². The third-order valence-electron chi connectivity index (χ3n) is 4.82. The Morgan fingerprint density at radius 2 is 2.10 bits per heavy atom. The van der Waals surface area contributed by atoms with Crippen LogP contribution in [0.2, 0.25) is 0 Å². The predicted octanol–water partition coefficient (Wildman–Crippen LogP) is 1.59. The number of rotatable bonds is 2. The Hall–Kier alpha value is -1.72. The molecule has 2 aliphatic rings. The Kier molecular flexibility index (Phi) is 3.31. The van der Waals surface area contributed by atoms with E-state index in [0.29, 0.717) is 6.04 Å². The lowest BCUT2D eigenvalue weighted by atomic mass is 9.91. The van der Waals surface area contributed by atoms with Gasteiger partial charge in [0.1, 0.15) is 5.82 Å². The quantitative estimate of drug-likeness (QED) is 0.372. The van der Waals surface area contributed by atoms with Gasteiger partial charge in [0, 0.05) is 19.6 Å². The number of nitrogens with two attached hydrogens (primary N) is 1. The van der Waals surface area contributed by atoms with Gasteiger partial charge in [-0.2, -0.15) is 5.10 Å². The van der Waals surface area contributed by atoms with Crippen LogP contribution in [0.1, 0.15) is 43.4 Å². The summed E-state index contributed by atoms with van der Waals surface area (Å²) >= 11 is 0. The minimum atomic E-state index is 0.158. The molecule has 6 nitrogen and oxygen atoms in total. The largest absolute Gasteiger partial charge is 0.409 e. The Morgan fingerprint density at radius 1 is 1.35 bits per heavy atom. The molecule has 2 heterocycles. The van der Waals surface area contributed by atoms with E-state index in [9.17, 15) is 0 Å². The highest BCUT2D eigenvalue weighted by Crippen LogP contribution is 2.40. The van der Waals surface area contributed by atoms with Gasteiger partial charge in [0.2, 0.25) is 0 Å². The summed E-state index contributed by atoms with van der Waals surface area (Å²) in [5.74, 6) is 1.96. The first-order chi connectivity index (χ1) is 9.63. The molecular formula is C14H23N5O. The summed E-state index contributed by atoms with van der Waals surface area (Å²) in [5.41, 5.74) is 7.47. The zero-order valence-electron chi connectivity index (χ0n) is 12.2. The van der Waals surface area contributed by atoms with Crippen molar-refractivity contribution in [3.8, 4) is 0 Å². The zero-order chi connectivity index (χ0) is 14.3. The minimum absolute atomic E-state index is 0.158. The third kappa shape index (κ3) is 1.94. The van der Waals surface area contributed by atoms with E-state index < -0.39 is 0 Å². The number of nitrogens with zero attached hydrogens (tertiary/aromatic N) is 4. The first-order valence-electron chi connectivity index (χ1n) is 7.41. The van der Waals surface area contributed by atoms with E-state index in [2.05, 4.69) is 15.2 Å². The van der Waals surface area contributed by atoms with Crippen LogP contribution >= 0.6 is 0 Å². The van der Waals surface area contributed by atoms with Crippen LogP contribution in [0.25, 0.3) is 0 Å². The van der Waals surface area contributed by atoms with Crippen molar-refractivity contribution in [2.75, 3.05) is 11.4 Å². The molecule has 2 unspecified atom stereocenters. The Bertz CT molecular complexity index is 536. The Balaban J connectivity index is 2.05. The molecule has 3 rings (SSSR count). The molecule has 1 saturated heterocycles. The number of anilines is 1. The second kappa shape index (κ2) is 5.00. The fourth-order valence-corrected chi connectivity index (χ4v) is 4.04. The molecule has 1 aliphatic carbocycles. The minimum Gasteiger partial charge on any atom is -0.409 e. The van der Waals surface area contributed by atoms with Crippen LogP contribution in [0.4, 0.5) is 5.82 Å². The van der Waals surface area contributed by atoms with Gasteiger partial charge in [-0.25, -0.2) is 0 Å². The molecule has 3 N–H and O–H groups in total. The van der Waals surface area contributed by atoms with Crippen LogP contribution in [0.15, 0.2) is 5.16 Å². The second-order valence-electron chi connectivity index (χ2n) is 5.99. The van der Waals surface area contributed by atoms with Crippen molar-refractivity contribution in [1.82, 2.24) is 9.78 Å². The summed E-state index contributed by atoms with van der Waals surface area (Å²) in [6, 6.07) is 0.587. The molecule has 6 heteroatoms. The molecule has 1 aromatic heterocycles. The smallest absolute Gasteiger partial charge is 0.175 e. The lowest BCUT2D eigenvalue weighted by Gasteiger charge is -2.39. The molecular weight excluding hydrogens is 254 g/mol. The van der Waals surface area contributed by atoms with E-state index in [1.54, 1.807) is 0 Å². The standard InChI is InChI=1S/C14H23N5O/c1-9-12(13(15)17-20)14(18(2)16-9)19-8-4-6-10-5-3-7-11(10)19/h10-11,20H,3-8H2,1-2H3,(H2,15,17). The highest BCUT2D eigenvalue weighted by molar-refractivity contribution is 6.02. The maximum absolute atomic E-state index is 9.04. The number of piperidine rings is 1. The first kappa shape index (κ1) is 13.3. The van der Waals surface area contributed by atoms with E-state index in [-0.39, 0.29) is 5.84 Å². The van der Waals surface area contributed by atoms with Crippen LogP contribution < -0.4 is 10.6 Å². The monoisotopic (exact) mass is 277 g/mol. The van der Waals surface area contributed by atoms with Gasteiger partial charge in [-0.3, -0.25) is 4.68 Å². The van der Waals surface area contributed by atoms with Gasteiger partial charge in [-0.15, -0.1) is 0 Å². The van der Waals surface area contributed by atoms with Crippen molar-refractivity contribution in [3.05, 3.63) is 11.3 Å². The Morgan fingerprint density at radius 3 is 2.85 bits per heavy atom. The molecule has 1 aromatic rings. The number of fused-ring (bicyclic) bond motifs is 1. The number of amidine groups is 1. The molecule has 0 amide bonds. The van der Waals surface area contributed by atoms with Gasteiger partial charge in [0.05, 0.1) is 11.3 Å². The molecule has 0 radical (unpaired) electrons. The summed E-state index contributed by atoms with van der Waals surface area (Å²) in [5, 5.41) is 16.7. The van der Waals surface area contributed by atoms with Gasteiger partial charge >= 0.3 is 0 Å².